The van der Waals surface area contributed by atoms with Crippen molar-refractivity contribution < 1.29 is 13.2 Å². The number of aromatic nitrogens is 2. The van der Waals surface area contributed by atoms with Crippen LogP contribution in [0.1, 0.15) is 15.4 Å². The van der Waals surface area contributed by atoms with Crippen LogP contribution in [0.15, 0.2) is 29.7 Å². The Hall–Kier alpha value is -1.93. The minimum Gasteiger partial charge on any atom is -0.343 e. The number of hydrogen-bond acceptors (Lipinski definition) is 5. The molecule has 110 valence electrons. The predicted octanol–water partition coefficient (Wildman–Crippen LogP) is 1.49. The zero-order chi connectivity index (χ0) is 15.0. The van der Waals surface area contributed by atoms with Crippen LogP contribution in [0.3, 0.4) is 0 Å². The smallest absolute Gasteiger partial charge is 0.272 e. The summed E-state index contributed by atoms with van der Waals surface area (Å²) in [5, 5.41) is 10.6. The monoisotopic (exact) mass is 323 g/mol. The minimum atomic E-state index is -3.18. The van der Waals surface area contributed by atoms with E-state index in [1.165, 1.54) is 11.0 Å². The standard InChI is InChI=1S/C13H13N3O3S2/c1-8-2-3-12(20-8)10-6-11(16-15-10)13(17)14-9-4-5-21(18,19)7-9/h2-6,9H,7H2,1H3,(H,14,17)(H,15,16)/t9-/m0/s1. The number of carbonyl (C=O) groups is 1. The lowest BCUT2D eigenvalue weighted by Gasteiger charge is -2.07. The first kappa shape index (κ1) is 14.0. The average Bonchev–Trinajstić information content (AvgIpc) is 3.09. The third kappa shape index (κ3) is 3.06. The van der Waals surface area contributed by atoms with Gasteiger partial charge in [-0.05, 0) is 31.2 Å². The highest BCUT2D eigenvalue weighted by Gasteiger charge is 2.24. The van der Waals surface area contributed by atoms with Crippen LogP contribution in [0.25, 0.3) is 10.6 Å². The van der Waals surface area contributed by atoms with Crippen LogP contribution in [0.5, 0.6) is 0 Å². The zero-order valence-electron chi connectivity index (χ0n) is 11.2. The molecule has 2 aromatic heterocycles. The van der Waals surface area contributed by atoms with Gasteiger partial charge in [-0.1, -0.05) is 0 Å². The maximum atomic E-state index is 12.0. The molecule has 0 bridgehead atoms. The Balaban J connectivity index is 1.72. The SMILES string of the molecule is Cc1ccc(-c2cc(C(=O)N[C@H]3C=CS(=O)(=O)C3)n[nH]2)s1. The topological polar surface area (TPSA) is 91.9 Å². The van der Waals surface area contributed by atoms with E-state index < -0.39 is 21.8 Å². The minimum absolute atomic E-state index is 0.0971. The van der Waals surface area contributed by atoms with Crippen molar-refractivity contribution in [2.24, 2.45) is 0 Å². The van der Waals surface area contributed by atoms with Gasteiger partial charge in [-0.3, -0.25) is 9.89 Å². The van der Waals surface area contributed by atoms with Gasteiger partial charge in [0.2, 0.25) is 0 Å². The molecule has 3 rings (SSSR count). The summed E-state index contributed by atoms with van der Waals surface area (Å²) in [6.07, 6.45) is 1.48. The average molecular weight is 323 g/mol. The quantitative estimate of drug-likeness (QED) is 0.895. The van der Waals surface area contributed by atoms with Crippen molar-refractivity contribution in [2.45, 2.75) is 13.0 Å². The van der Waals surface area contributed by atoms with Crippen molar-refractivity contribution in [1.29, 1.82) is 0 Å². The molecule has 0 saturated carbocycles. The van der Waals surface area contributed by atoms with E-state index in [1.54, 1.807) is 17.4 Å². The number of nitrogens with one attached hydrogen (secondary N) is 2. The van der Waals surface area contributed by atoms with Crippen molar-refractivity contribution in [3.8, 4) is 10.6 Å². The number of nitrogens with zero attached hydrogens (tertiary/aromatic N) is 1. The Kier molecular flexibility index (Phi) is 3.42. The normalized spacial score (nSPS) is 19.8. The second kappa shape index (κ2) is 5.12. The molecule has 0 aromatic carbocycles. The molecule has 3 heterocycles. The van der Waals surface area contributed by atoms with Crippen LogP contribution in [-0.4, -0.2) is 36.3 Å². The number of rotatable bonds is 3. The summed E-state index contributed by atoms with van der Waals surface area (Å²) in [4.78, 5) is 14.2. The number of thiophene rings is 1. The lowest BCUT2D eigenvalue weighted by molar-refractivity contribution is 0.0942. The van der Waals surface area contributed by atoms with E-state index in [4.69, 9.17) is 0 Å². The molecule has 0 fully saturated rings. The van der Waals surface area contributed by atoms with E-state index in [-0.39, 0.29) is 11.4 Å². The maximum Gasteiger partial charge on any atom is 0.272 e. The summed E-state index contributed by atoms with van der Waals surface area (Å²) >= 11 is 1.61. The molecule has 2 aromatic rings. The van der Waals surface area contributed by atoms with Gasteiger partial charge in [-0.15, -0.1) is 11.3 Å². The van der Waals surface area contributed by atoms with Gasteiger partial charge < -0.3 is 5.32 Å². The van der Waals surface area contributed by atoms with Gasteiger partial charge in [-0.25, -0.2) is 8.42 Å². The highest BCUT2D eigenvalue weighted by molar-refractivity contribution is 7.94. The van der Waals surface area contributed by atoms with Crippen molar-refractivity contribution in [2.75, 3.05) is 5.75 Å². The predicted molar refractivity (Wildman–Crippen MR) is 80.8 cm³/mol. The highest BCUT2D eigenvalue weighted by Crippen LogP contribution is 2.26. The van der Waals surface area contributed by atoms with Crippen LogP contribution >= 0.6 is 11.3 Å². The molecule has 6 nitrogen and oxygen atoms in total. The Labute approximate surface area is 125 Å². The molecule has 0 spiro atoms. The molecule has 1 aliphatic heterocycles. The Morgan fingerprint density at radius 3 is 2.90 bits per heavy atom. The Bertz CT molecular complexity index is 817. The molecule has 0 radical (unpaired) electrons. The second-order valence-electron chi connectivity index (χ2n) is 4.82. The molecular formula is C13H13N3O3S2. The van der Waals surface area contributed by atoms with Crippen LogP contribution in [0, 0.1) is 6.92 Å². The van der Waals surface area contributed by atoms with Crippen LogP contribution in [0.2, 0.25) is 0 Å². The van der Waals surface area contributed by atoms with E-state index in [2.05, 4.69) is 15.5 Å². The Morgan fingerprint density at radius 2 is 2.29 bits per heavy atom. The third-order valence-corrected chi connectivity index (χ3v) is 5.49. The number of aromatic amines is 1. The van der Waals surface area contributed by atoms with Crippen molar-refractivity contribution in [1.82, 2.24) is 15.5 Å². The van der Waals surface area contributed by atoms with Crippen LogP contribution in [-0.2, 0) is 9.84 Å². The van der Waals surface area contributed by atoms with Gasteiger partial charge in [0.25, 0.3) is 5.91 Å². The maximum absolute atomic E-state index is 12.0. The molecule has 1 atom stereocenters. The first-order chi connectivity index (χ1) is 9.93. The number of aryl methyl sites for hydroxylation is 1. The molecule has 1 amide bonds. The number of H-pyrrole nitrogens is 1. The van der Waals surface area contributed by atoms with Gasteiger partial charge in [0, 0.05) is 10.3 Å². The van der Waals surface area contributed by atoms with Crippen molar-refractivity contribution in [3.63, 3.8) is 0 Å². The van der Waals surface area contributed by atoms with Crippen LogP contribution < -0.4 is 5.32 Å². The number of carbonyl (C=O) groups excluding carboxylic acids is 1. The summed E-state index contributed by atoms with van der Waals surface area (Å²) in [5.74, 6) is -0.488. The molecule has 0 unspecified atom stereocenters. The fraction of sp³-hybridized carbons (Fsp3) is 0.231. The van der Waals surface area contributed by atoms with E-state index in [0.717, 1.165) is 16.0 Å². The fourth-order valence-electron chi connectivity index (χ4n) is 2.05. The fourth-order valence-corrected chi connectivity index (χ4v) is 4.12. The van der Waals surface area contributed by atoms with E-state index in [1.807, 2.05) is 19.1 Å². The number of amides is 1. The van der Waals surface area contributed by atoms with Gasteiger partial charge in [0.05, 0.1) is 22.4 Å². The molecule has 8 heteroatoms. The lowest BCUT2D eigenvalue weighted by Crippen LogP contribution is -2.35. The highest BCUT2D eigenvalue weighted by atomic mass is 32.2. The number of sulfone groups is 1. The van der Waals surface area contributed by atoms with Gasteiger partial charge in [0.1, 0.15) is 0 Å². The van der Waals surface area contributed by atoms with Gasteiger partial charge >= 0.3 is 0 Å². The molecular weight excluding hydrogens is 310 g/mol. The summed E-state index contributed by atoms with van der Waals surface area (Å²) in [7, 11) is -3.18. The summed E-state index contributed by atoms with van der Waals surface area (Å²) < 4.78 is 22.6. The largest absolute Gasteiger partial charge is 0.343 e. The first-order valence-corrected chi connectivity index (χ1v) is 8.80. The third-order valence-electron chi connectivity index (χ3n) is 3.06. The summed E-state index contributed by atoms with van der Waals surface area (Å²) in [5.41, 5.74) is 1.02. The molecule has 21 heavy (non-hydrogen) atoms. The molecule has 2 N–H and O–H groups in total. The van der Waals surface area contributed by atoms with Crippen molar-refractivity contribution in [3.05, 3.63) is 40.3 Å². The molecule has 1 aliphatic rings. The van der Waals surface area contributed by atoms with E-state index in [9.17, 15) is 13.2 Å². The van der Waals surface area contributed by atoms with E-state index >= 15 is 0 Å². The van der Waals surface area contributed by atoms with Gasteiger partial charge in [-0.2, -0.15) is 5.10 Å². The van der Waals surface area contributed by atoms with E-state index in [0.29, 0.717) is 0 Å². The first-order valence-electron chi connectivity index (χ1n) is 6.27. The Morgan fingerprint density at radius 1 is 1.48 bits per heavy atom. The molecule has 0 aliphatic carbocycles. The zero-order valence-corrected chi connectivity index (χ0v) is 12.8. The van der Waals surface area contributed by atoms with Crippen LogP contribution in [0.4, 0.5) is 0 Å². The van der Waals surface area contributed by atoms with Crippen molar-refractivity contribution >= 4 is 27.1 Å². The lowest BCUT2D eigenvalue weighted by atomic mass is 10.2. The molecule has 0 saturated heterocycles. The van der Waals surface area contributed by atoms with Gasteiger partial charge in [0.15, 0.2) is 15.5 Å². The summed E-state index contributed by atoms with van der Waals surface area (Å²) in [6.45, 7) is 2.00. The summed E-state index contributed by atoms with van der Waals surface area (Å²) in [6, 6.07) is 5.12. The number of hydrogen-bond donors (Lipinski definition) is 2. The second-order valence-corrected chi connectivity index (χ2v) is 8.03.